The average molecular weight is 248 g/mol. The van der Waals surface area contributed by atoms with E-state index in [1.807, 2.05) is 13.8 Å². The van der Waals surface area contributed by atoms with E-state index in [4.69, 9.17) is 4.74 Å². The molecule has 1 saturated carbocycles. The first kappa shape index (κ1) is 13.4. The van der Waals surface area contributed by atoms with Crippen LogP contribution in [-0.2, 0) is 9.53 Å². The van der Waals surface area contributed by atoms with Crippen molar-refractivity contribution >= 4 is 5.78 Å². The fraction of sp³-hybridized carbons (Fsp3) is 0.688. The number of allylic oxidation sites excluding steroid dienone is 4. The van der Waals surface area contributed by atoms with E-state index >= 15 is 0 Å². The number of hydrogen-bond donors (Lipinski definition) is 0. The Morgan fingerprint density at radius 2 is 2.11 bits per heavy atom. The van der Waals surface area contributed by atoms with Crippen molar-refractivity contribution in [3.8, 4) is 0 Å². The van der Waals surface area contributed by atoms with Crippen molar-refractivity contribution < 1.29 is 9.53 Å². The molecule has 1 fully saturated rings. The zero-order valence-corrected chi connectivity index (χ0v) is 12.2. The second-order valence-corrected chi connectivity index (χ2v) is 6.41. The lowest BCUT2D eigenvalue weighted by Crippen LogP contribution is -2.26. The second kappa shape index (κ2) is 4.56. The molecule has 0 spiro atoms. The van der Waals surface area contributed by atoms with Crippen LogP contribution in [0.4, 0.5) is 0 Å². The Balaban J connectivity index is 2.30. The summed E-state index contributed by atoms with van der Waals surface area (Å²) in [5, 5.41) is 0. The molecule has 0 aromatic carbocycles. The smallest absolute Gasteiger partial charge is 0.185 e. The van der Waals surface area contributed by atoms with Gasteiger partial charge in [0.1, 0.15) is 5.76 Å². The van der Waals surface area contributed by atoms with Crippen LogP contribution in [0, 0.1) is 17.3 Å². The molecule has 18 heavy (non-hydrogen) atoms. The van der Waals surface area contributed by atoms with E-state index in [1.54, 1.807) is 13.2 Å². The maximum absolute atomic E-state index is 12.5. The highest BCUT2D eigenvalue weighted by atomic mass is 16.5. The minimum absolute atomic E-state index is 0.0526. The maximum atomic E-state index is 12.5. The number of rotatable bonds is 4. The molecule has 0 aromatic rings. The van der Waals surface area contributed by atoms with Gasteiger partial charge in [-0.05, 0) is 30.6 Å². The summed E-state index contributed by atoms with van der Waals surface area (Å²) >= 11 is 0. The number of carbonyl (C=O) groups excluding carboxylic acids is 1. The second-order valence-electron chi connectivity index (χ2n) is 6.41. The van der Waals surface area contributed by atoms with Gasteiger partial charge in [0.05, 0.1) is 7.11 Å². The summed E-state index contributed by atoms with van der Waals surface area (Å²) in [4.78, 5) is 12.5. The third-order valence-corrected chi connectivity index (χ3v) is 4.63. The van der Waals surface area contributed by atoms with Crippen molar-refractivity contribution in [2.45, 2.75) is 47.0 Å². The van der Waals surface area contributed by atoms with Crippen molar-refractivity contribution in [1.82, 2.24) is 0 Å². The molecule has 0 radical (unpaired) electrons. The van der Waals surface area contributed by atoms with Crippen molar-refractivity contribution in [1.29, 1.82) is 0 Å². The molecule has 0 aromatic heterocycles. The van der Waals surface area contributed by atoms with Crippen LogP contribution >= 0.6 is 0 Å². The fourth-order valence-corrected chi connectivity index (χ4v) is 3.51. The van der Waals surface area contributed by atoms with Gasteiger partial charge < -0.3 is 4.74 Å². The zero-order valence-electron chi connectivity index (χ0n) is 12.2. The van der Waals surface area contributed by atoms with Crippen molar-refractivity contribution in [3.63, 3.8) is 0 Å². The summed E-state index contributed by atoms with van der Waals surface area (Å²) < 4.78 is 5.31. The van der Waals surface area contributed by atoms with Crippen LogP contribution in [0.15, 0.2) is 23.0 Å². The number of fused-ring (bicyclic) bond motifs is 2. The molecular formula is C16H24O2. The minimum atomic E-state index is 0.0526. The molecule has 2 aliphatic carbocycles. The number of methoxy groups -OCH3 is 1. The van der Waals surface area contributed by atoms with Gasteiger partial charge in [0.15, 0.2) is 5.78 Å². The molecule has 0 N–H and O–H groups in total. The Morgan fingerprint density at radius 3 is 2.56 bits per heavy atom. The van der Waals surface area contributed by atoms with Gasteiger partial charge in [-0.25, -0.2) is 0 Å². The van der Waals surface area contributed by atoms with Gasteiger partial charge >= 0.3 is 0 Å². The third-order valence-electron chi connectivity index (χ3n) is 4.63. The van der Waals surface area contributed by atoms with Crippen LogP contribution < -0.4 is 0 Å². The Morgan fingerprint density at radius 1 is 1.44 bits per heavy atom. The van der Waals surface area contributed by atoms with Crippen LogP contribution in [0.5, 0.6) is 0 Å². The number of ether oxygens (including phenoxy) is 1. The van der Waals surface area contributed by atoms with Gasteiger partial charge in [0.2, 0.25) is 0 Å². The predicted octanol–water partition coefficient (Wildman–Crippen LogP) is 3.88. The van der Waals surface area contributed by atoms with Crippen molar-refractivity contribution in [3.05, 3.63) is 23.0 Å². The molecule has 2 bridgehead atoms. The molecule has 0 amide bonds. The number of hydrogen-bond acceptors (Lipinski definition) is 2. The highest BCUT2D eigenvalue weighted by Gasteiger charge is 2.47. The monoisotopic (exact) mass is 248 g/mol. The molecule has 2 heteroatoms. The van der Waals surface area contributed by atoms with Gasteiger partial charge in [-0.15, -0.1) is 0 Å². The summed E-state index contributed by atoms with van der Waals surface area (Å²) in [5.41, 5.74) is 2.51. The molecule has 2 aliphatic rings. The normalized spacial score (nSPS) is 26.1. The predicted molar refractivity (Wildman–Crippen MR) is 73.1 cm³/mol. The summed E-state index contributed by atoms with van der Waals surface area (Å²) in [7, 11) is 1.64. The topological polar surface area (TPSA) is 26.3 Å². The van der Waals surface area contributed by atoms with Crippen LogP contribution in [0.1, 0.15) is 47.0 Å². The third kappa shape index (κ3) is 2.02. The number of ketones is 1. The SMILES string of the molecule is COC(=CC(=O)C1=C2CCC(C2)C1(C)C)C(C)C. The molecule has 2 nitrogen and oxygen atoms in total. The van der Waals surface area contributed by atoms with Gasteiger partial charge in [-0.3, -0.25) is 4.79 Å². The summed E-state index contributed by atoms with van der Waals surface area (Å²) in [6, 6.07) is 0. The molecule has 0 heterocycles. The Labute approximate surface area is 110 Å². The highest BCUT2D eigenvalue weighted by Crippen LogP contribution is 2.55. The first-order chi connectivity index (χ1) is 8.37. The molecule has 0 aliphatic heterocycles. The molecule has 2 rings (SSSR count). The molecule has 1 unspecified atom stereocenters. The fourth-order valence-electron chi connectivity index (χ4n) is 3.51. The van der Waals surface area contributed by atoms with E-state index in [1.165, 1.54) is 12.0 Å². The van der Waals surface area contributed by atoms with Gasteiger partial charge in [-0.1, -0.05) is 33.3 Å². The lowest BCUT2D eigenvalue weighted by molar-refractivity contribution is -0.112. The first-order valence-corrected chi connectivity index (χ1v) is 6.90. The van der Waals surface area contributed by atoms with Crippen LogP contribution in [-0.4, -0.2) is 12.9 Å². The largest absolute Gasteiger partial charge is 0.501 e. The van der Waals surface area contributed by atoms with E-state index in [2.05, 4.69) is 13.8 Å². The average Bonchev–Trinajstić information content (AvgIpc) is 2.82. The van der Waals surface area contributed by atoms with Gasteiger partial charge in [-0.2, -0.15) is 0 Å². The van der Waals surface area contributed by atoms with E-state index in [9.17, 15) is 4.79 Å². The first-order valence-electron chi connectivity index (χ1n) is 6.90. The van der Waals surface area contributed by atoms with E-state index < -0.39 is 0 Å². The van der Waals surface area contributed by atoms with E-state index in [0.717, 1.165) is 24.2 Å². The summed E-state index contributed by atoms with van der Waals surface area (Å²) in [5.74, 6) is 1.88. The Bertz CT molecular complexity index is 424. The quantitative estimate of drug-likeness (QED) is 0.557. The maximum Gasteiger partial charge on any atom is 0.185 e. The van der Waals surface area contributed by atoms with Crippen molar-refractivity contribution in [2.75, 3.05) is 7.11 Å². The highest BCUT2D eigenvalue weighted by molar-refractivity contribution is 6.06. The van der Waals surface area contributed by atoms with E-state index in [0.29, 0.717) is 5.92 Å². The van der Waals surface area contributed by atoms with E-state index in [-0.39, 0.29) is 17.1 Å². The Kier molecular flexibility index (Phi) is 3.39. The van der Waals surface area contributed by atoms with Crippen LogP contribution in [0.2, 0.25) is 0 Å². The van der Waals surface area contributed by atoms with Gasteiger partial charge in [0, 0.05) is 17.6 Å². The Hall–Kier alpha value is -1.05. The standard InChI is InChI=1S/C16H24O2/c1-10(2)14(18-5)9-13(17)15-11-6-7-12(8-11)16(15,3)4/h9-10,12H,6-8H2,1-5H3. The molecule has 100 valence electrons. The molecule has 0 saturated heterocycles. The summed E-state index contributed by atoms with van der Waals surface area (Å²) in [6.45, 7) is 8.53. The minimum Gasteiger partial charge on any atom is -0.501 e. The number of carbonyl (C=O) groups is 1. The van der Waals surface area contributed by atoms with Crippen LogP contribution in [0.3, 0.4) is 0 Å². The lowest BCUT2D eigenvalue weighted by atomic mass is 9.72. The molecule has 1 atom stereocenters. The van der Waals surface area contributed by atoms with Gasteiger partial charge in [0.25, 0.3) is 0 Å². The zero-order chi connectivity index (χ0) is 13.5. The lowest BCUT2D eigenvalue weighted by Gasteiger charge is -2.31. The van der Waals surface area contributed by atoms with Crippen molar-refractivity contribution in [2.24, 2.45) is 17.3 Å². The van der Waals surface area contributed by atoms with Crippen LogP contribution in [0.25, 0.3) is 0 Å². The molecular weight excluding hydrogens is 224 g/mol. The summed E-state index contributed by atoms with van der Waals surface area (Å²) in [6.07, 6.45) is 5.21.